The standard InChI is InChI=1S/C11H14N2O/c1-9-4-5-10(13)11(8-9)14-7-3-2-6-12/h4-5,8H,2-3,7,13H2,1H3. The smallest absolute Gasteiger partial charge is 0.142 e. The summed E-state index contributed by atoms with van der Waals surface area (Å²) in [5.74, 6) is 0.711. The number of hydrogen-bond acceptors (Lipinski definition) is 3. The molecule has 3 heteroatoms. The van der Waals surface area contributed by atoms with Crippen LogP contribution < -0.4 is 10.5 Å². The molecule has 1 aromatic carbocycles. The van der Waals surface area contributed by atoms with Crippen molar-refractivity contribution in [3.8, 4) is 11.8 Å². The number of aryl methyl sites for hydroxylation is 1. The Bertz CT molecular complexity index is 342. The van der Waals surface area contributed by atoms with Gasteiger partial charge in [0.05, 0.1) is 18.4 Å². The second-order valence-electron chi connectivity index (χ2n) is 3.15. The fourth-order valence-electron chi connectivity index (χ4n) is 1.10. The molecule has 0 bridgehead atoms. The Balaban J connectivity index is 2.50. The third-order valence-electron chi connectivity index (χ3n) is 1.86. The van der Waals surface area contributed by atoms with E-state index < -0.39 is 0 Å². The first kappa shape index (κ1) is 10.4. The van der Waals surface area contributed by atoms with E-state index in [0.29, 0.717) is 24.5 Å². The SMILES string of the molecule is Cc1ccc(N)c(OCCCC#N)c1. The minimum absolute atomic E-state index is 0.520. The number of nitrogen functional groups attached to an aromatic ring is 1. The molecule has 1 aromatic rings. The molecule has 0 unspecified atom stereocenters. The Kier molecular flexibility index (Phi) is 3.81. The van der Waals surface area contributed by atoms with E-state index in [0.717, 1.165) is 12.0 Å². The van der Waals surface area contributed by atoms with Crippen molar-refractivity contribution in [2.24, 2.45) is 0 Å². The number of hydrogen-bond donors (Lipinski definition) is 1. The van der Waals surface area contributed by atoms with Crippen LogP contribution in [-0.4, -0.2) is 6.61 Å². The molecule has 0 atom stereocenters. The van der Waals surface area contributed by atoms with Gasteiger partial charge in [-0.2, -0.15) is 5.26 Å². The van der Waals surface area contributed by atoms with Gasteiger partial charge in [0.1, 0.15) is 5.75 Å². The molecule has 0 aliphatic heterocycles. The molecule has 74 valence electrons. The lowest BCUT2D eigenvalue weighted by Gasteiger charge is -2.08. The monoisotopic (exact) mass is 190 g/mol. The second kappa shape index (κ2) is 5.13. The molecule has 2 N–H and O–H groups in total. The van der Waals surface area contributed by atoms with Gasteiger partial charge in [-0.3, -0.25) is 0 Å². The van der Waals surface area contributed by atoms with Crippen LogP contribution >= 0.6 is 0 Å². The molecule has 3 nitrogen and oxygen atoms in total. The predicted octanol–water partition coefficient (Wildman–Crippen LogP) is 2.26. The second-order valence-corrected chi connectivity index (χ2v) is 3.15. The molecule has 0 saturated carbocycles. The van der Waals surface area contributed by atoms with Gasteiger partial charge < -0.3 is 10.5 Å². The van der Waals surface area contributed by atoms with Gasteiger partial charge in [0, 0.05) is 6.42 Å². The molecule has 0 saturated heterocycles. The zero-order valence-electron chi connectivity index (χ0n) is 8.29. The summed E-state index contributed by atoms with van der Waals surface area (Å²) in [6.45, 7) is 2.53. The summed E-state index contributed by atoms with van der Waals surface area (Å²) in [6.07, 6.45) is 1.26. The van der Waals surface area contributed by atoms with Crippen LogP contribution in [0.1, 0.15) is 18.4 Å². The number of rotatable bonds is 4. The van der Waals surface area contributed by atoms with Crippen molar-refractivity contribution in [3.05, 3.63) is 23.8 Å². The summed E-state index contributed by atoms with van der Waals surface area (Å²) in [5, 5.41) is 8.33. The zero-order valence-corrected chi connectivity index (χ0v) is 8.29. The maximum absolute atomic E-state index is 8.33. The fraction of sp³-hybridized carbons (Fsp3) is 0.364. The normalized spacial score (nSPS) is 9.43. The predicted molar refractivity (Wildman–Crippen MR) is 55.9 cm³/mol. The minimum atomic E-state index is 0.520. The zero-order chi connectivity index (χ0) is 10.4. The van der Waals surface area contributed by atoms with E-state index in [-0.39, 0.29) is 0 Å². The fourth-order valence-corrected chi connectivity index (χ4v) is 1.10. The van der Waals surface area contributed by atoms with Gasteiger partial charge in [0.2, 0.25) is 0 Å². The van der Waals surface area contributed by atoms with Gasteiger partial charge in [0.15, 0.2) is 0 Å². The van der Waals surface area contributed by atoms with Crippen LogP contribution in [-0.2, 0) is 0 Å². The molecule has 0 aromatic heterocycles. The number of anilines is 1. The van der Waals surface area contributed by atoms with E-state index in [1.54, 1.807) is 0 Å². The average molecular weight is 190 g/mol. The largest absolute Gasteiger partial charge is 0.491 e. The summed E-state index contributed by atoms with van der Waals surface area (Å²) < 4.78 is 5.44. The Morgan fingerprint density at radius 1 is 1.50 bits per heavy atom. The molecule has 0 radical (unpaired) electrons. The number of nitrogens with two attached hydrogens (primary N) is 1. The number of nitriles is 1. The molecule has 0 spiro atoms. The lowest BCUT2D eigenvalue weighted by Crippen LogP contribution is -2.00. The highest BCUT2D eigenvalue weighted by Gasteiger charge is 1.99. The Morgan fingerprint density at radius 3 is 3.00 bits per heavy atom. The molecule has 0 fully saturated rings. The van der Waals surface area contributed by atoms with E-state index in [1.165, 1.54) is 0 Å². The van der Waals surface area contributed by atoms with Crippen LogP contribution in [0.4, 0.5) is 5.69 Å². The van der Waals surface area contributed by atoms with Gasteiger partial charge in [-0.15, -0.1) is 0 Å². The van der Waals surface area contributed by atoms with Crippen LogP contribution in [0.25, 0.3) is 0 Å². The Labute approximate surface area is 84.1 Å². The van der Waals surface area contributed by atoms with Gasteiger partial charge in [-0.25, -0.2) is 0 Å². The van der Waals surface area contributed by atoms with Gasteiger partial charge in [-0.1, -0.05) is 6.07 Å². The van der Waals surface area contributed by atoms with Crippen molar-refractivity contribution in [2.45, 2.75) is 19.8 Å². The van der Waals surface area contributed by atoms with Gasteiger partial charge >= 0.3 is 0 Å². The summed E-state index contributed by atoms with van der Waals surface area (Å²) in [5.41, 5.74) is 7.48. The molecule has 14 heavy (non-hydrogen) atoms. The summed E-state index contributed by atoms with van der Waals surface area (Å²) in [6, 6.07) is 7.74. The van der Waals surface area contributed by atoms with Gasteiger partial charge in [0.25, 0.3) is 0 Å². The minimum Gasteiger partial charge on any atom is -0.491 e. The van der Waals surface area contributed by atoms with Crippen molar-refractivity contribution >= 4 is 5.69 Å². The van der Waals surface area contributed by atoms with Gasteiger partial charge in [-0.05, 0) is 31.0 Å². The van der Waals surface area contributed by atoms with Crippen LogP contribution in [0.3, 0.4) is 0 Å². The summed E-state index contributed by atoms with van der Waals surface area (Å²) in [4.78, 5) is 0. The maximum atomic E-state index is 8.33. The molecule has 0 heterocycles. The molecular weight excluding hydrogens is 176 g/mol. The molecule has 0 aliphatic carbocycles. The van der Waals surface area contributed by atoms with E-state index in [4.69, 9.17) is 15.7 Å². The van der Waals surface area contributed by atoms with E-state index in [2.05, 4.69) is 6.07 Å². The van der Waals surface area contributed by atoms with Crippen molar-refractivity contribution < 1.29 is 4.74 Å². The molecule has 0 aliphatic rings. The van der Waals surface area contributed by atoms with Crippen LogP contribution in [0.5, 0.6) is 5.75 Å². The molecule has 0 amide bonds. The number of ether oxygens (including phenoxy) is 1. The average Bonchev–Trinajstić information content (AvgIpc) is 2.18. The first-order valence-electron chi connectivity index (χ1n) is 4.60. The third kappa shape index (κ3) is 2.98. The molecular formula is C11H14N2O. The van der Waals surface area contributed by atoms with Crippen molar-refractivity contribution in [3.63, 3.8) is 0 Å². The topological polar surface area (TPSA) is 59.0 Å². The van der Waals surface area contributed by atoms with Crippen molar-refractivity contribution in [1.82, 2.24) is 0 Å². The highest BCUT2D eigenvalue weighted by molar-refractivity contribution is 5.53. The number of benzene rings is 1. The first-order valence-corrected chi connectivity index (χ1v) is 4.60. The highest BCUT2D eigenvalue weighted by atomic mass is 16.5. The van der Waals surface area contributed by atoms with Crippen LogP contribution in [0, 0.1) is 18.3 Å². The van der Waals surface area contributed by atoms with Crippen molar-refractivity contribution in [1.29, 1.82) is 5.26 Å². The quantitative estimate of drug-likeness (QED) is 0.585. The highest BCUT2D eigenvalue weighted by Crippen LogP contribution is 2.22. The lowest BCUT2D eigenvalue weighted by atomic mass is 10.2. The Morgan fingerprint density at radius 2 is 2.29 bits per heavy atom. The number of unbranched alkanes of at least 4 members (excludes halogenated alkanes) is 1. The number of nitrogens with zero attached hydrogens (tertiary/aromatic N) is 1. The van der Waals surface area contributed by atoms with Crippen LogP contribution in [0.2, 0.25) is 0 Å². The third-order valence-corrected chi connectivity index (χ3v) is 1.86. The van der Waals surface area contributed by atoms with Crippen molar-refractivity contribution in [2.75, 3.05) is 12.3 Å². The van der Waals surface area contributed by atoms with E-state index >= 15 is 0 Å². The van der Waals surface area contributed by atoms with Crippen LogP contribution in [0.15, 0.2) is 18.2 Å². The summed E-state index contributed by atoms with van der Waals surface area (Å²) in [7, 11) is 0. The van der Waals surface area contributed by atoms with E-state index in [1.807, 2.05) is 25.1 Å². The first-order chi connectivity index (χ1) is 6.74. The summed E-state index contributed by atoms with van der Waals surface area (Å²) >= 11 is 0. The Hall–Kier alpha value is -1.69. The maximum Gasteiger partial charge on any atom is 0.142 e. The van der Waals surface area contributed by atoms with E-state index in [9.17, 15) is 0 Å². The molecule has 1 rings (SSSR count). The lowest BCUT2D eigenvalue weighted by molar-refractivity contribution is 0.314.